The van der Waals surface area contributed by atoms with Gasteiger partial charge in [0.15, 0.2) is 6.10 Å². The zero-order valence-corrected chi connectivity index (χ0v) is 15.1. The number of hydrogen-bond acceptors (Lipinski definition) is 3. The number of aromatic nitrogens is 2. The molecule has 3 aromatic rings. The minimum atomic E-state index is -0.525. The standard InChI is InChI=1S/C21H23N3O2/c1-14-9-11-16(12-10-14)26-15(2)21(25)24-13-5-8-19(24)20-22-17-6-3-4-7-18(17)23-20/h3-4,6-7,9-12,15,19H,5,8,13H2,1-2H3,(H,22,23). The maximum absolute atomic E-state index is 13.0. The van der Waals surface area contributed by atoms with Gasteiger partial charge in [0.25, 0.3) is 5.91 Å². The Balaban J connectivity index is 1.51. The van der Waals surface area contributed by atoms with E-state index in [4.69, 9.17) is 9.72 Å². The summed E-state index contributed by atoms with van der Waals surface area (Å²) in [6.45, 7) is 4.58. The Kier molecular flexibility index (Phi) is 4.37. The zero-order valence-electron chi connectivity index (χ0n) is 15.1. The lowest BCUT2D eigenvalue weighted by atomic mass is 10.2. The van der Waals surface area contributed by atoms with Gasteiger partial charge < -0.3 is 14.6 Å². The Morgan fingerprint density at radius 2 is 2.00 bits per heavy atom. The summed E-state index contributed by atoms with van der Waals surface area (Å²) in [5.41, 5.74) is 3.11. The molecule has 1 N–H and O–H groups in total. The number of likely N-dealkylation sites (tertiary alicyclic amines) is 1. The highest BCUT2D eigenvalue weighted by Crippen LogP contribution is 2.32. The maximum atomic E-state index is 13.0. The van der Waals surface area contributed by atoms with Gasteiger partial charge in [0.2, 0.25) is 0 Å². The number of nitrogens with zero attached hydrogens (tertiary/aromatic N) is 2. The van der Waals surface area contributed by atoms with E-state index < -0.39 is 6.10 Å². The van der Waals surface area contributed by atoms with Gasteiger partial charge in [-0.05, 0) is 51.0 Å². The second-order valence-electron chi connectivity index (χ2n) is 6.90. The molecule has 1 saturated heterocycles. The Labute approximate surface area is 153 Å². The largest absolute Gasteiger partial charge is 0.481 e. The number of carbonyl (C=O) groups excluding carboxylic acids is 1. The molecule has 0 radical (unpaired) electrons. The van der Waals surface area contributed by atoms with E-state index in [0.29, 0.717) is 0 Å². The molecule has 1 aliphatic heterocycles. The van der Waals surface area contributed by atoms with Gasteiger partial charge in [0.1, 0.15) is 11.6 Å². The molecule has 1 aliphatic rings. The summed E-state index contributed by atoms with van der Waals surface area (Å²) in [6.07, 6.45) is 1.37. The number of imidazole rings is 1. The molecule has 0 saturated carbocycles. The van der Waals surface area contributed by atoms with E-state index in [1.807, 2.05) is 67.3 Å². The Morgan fingerprint density at radius 3 is 2.77 bits per heavy atom. The van der Waals surface area contributed by atoms with E-state index in [-0.39, 0.29) is 11.9 Å². The second-order valence-corrected chi connectivity index (χ2v) is 6.90. The van der Waals surface area contributed by atoms with Crippen LogP contribution < -0.4 is 4.74 Å². The minimum absolute atomic E-state index is 0.00790. The highest BCUT2D eigenvalue weighted by atomic mass is 16.5. The number of nitrogens with one attached hydrogen (secondary N) is 1. The Morgan fingerprint density at radius 1 is 1.23 bits per heavy atom. The fraction of sp³-hybridized carbons (Fsp3) is 0.333. The molecule has 0 aliphatic carbocycles. The van der Waals surface area contributed by atoms with Crippen LogP contribution in [0.15, 0.2) is 48.5 Å². The number of rotatable bonds is 4. The van der Waals surface area contributed by atoms with E-state index in [0.717, 1.165) is 42.0 Å². The monoisotopic (exact) mass is 349 g/mol. The predicted molar refractivity (Wildman–Crippen MR) is 101 cm³/mol. The number of aromatic amines is 1. The summed E-state index contributed by atoms with van der Waals surface area (Å²) in [5.74, 6) is 1.59. The van der Waals surface area contributed by atoms with Crippen molar-refractivity contribution in [2.24, 2.45) is 0 Å². The molecule has 2 aromatic carbocycles. The molecule has 134 valence electrons. The van der Waals surface area contributed by atoms with Crippen molar-refractivity contribution in [2.45, 2.75) is 38.8 Å². The van der Waals surface area contributed by atoms with E-state index in [9.17, 15) is 4.79 Å². The van der Waals surface area contributed by atoms with Gasteiger partial charge in [-0.1, -0.05) is 29.8 Å². The molecule has 0 spiro atoms. The molecule has 1 amide bonds. The van der Waals surface area contributed by atoms with Gasteiger partial charge in [-0.25, -0.2) is 4.98 Å². The fourth-order valence-corrected chi connectivity index (χ4v) is 3.55. The first-order chi connectivity index (χ1) is 12.6. The van der Waals surface area contributed by atoms with Crippen LogP contribution in [0.1, 0.15) is 37.2 Å². The summed E-state index contributed by atoms with van der Waals surface area (Å²) >= 11 is 0. The topological polar surface area (TPSA) is 58.2 Å². The number of H-pyrrole nitrogens is 1. The molecule has 26 heavy (non-hydrogen) atoms. The summed E-state index contributed by atoms with van der Waals surface area (Å²) in [4.78, 5) is 22.9. The molecule has 5 nitrogen and oxygen atoms in total. The van der Waals surface area contributed by atoms with Crippen LogP contribution in [0.2, 0.25) is 0 Å². The smallest absolute Gasteiger partial charge is 0.263 e. The number of carbonyl (C=O) groups is 1. The normalized spacial score (nSPS) is 18.2. The van der Waals surface area contributed by atoms with Crippen molar-refractivity contribution in [3.05, 3.63) is 59.9 Å². The maximum Gasteiger partial charge on any atom is 0.263 e. The average Bonchev–Trinajstić information content (AvgIpc) is 3.29. The molecule has 2 atom stereocenters. The van der Waals surface area contributed by atoms with E-state index in [1.54, 1.807) is 0 Å². The van der Waals surface area contributed by atoms with Crippen molar-refractivity contribution in [3.8, 4) is 5.75 Å². The van der Waals surface area contributed by atoms with Gasteiger partial charge in [-0.2, -0.15) is 0 Å². The number of amides is 1. The van der Waals surface area contributed by atoms with Crippen LogP contribution in [0, 0.1) is 6.92 Å². The first-order valence-electron chi connectivity index (χ1n) is 9.10. The number of hydrogen-bond donors (Lipinski definition) is 1. The molecule has 5 heteroatoms. The van der Waals surface area contributed by atoms with Gasteiger partial charge >= 0.3 is 0 Å². The van der Waals surface area contributed by atoms with Crippen LogP contribution in [-0.2, 0) is 4.79 Å². The van der Waals surface area contributed by atoms with Crippen molar-refractivity contribution in [3.63, 3.8) is 0 Å². The van der Waals surface area contributed by atoms with Gasteiger partial charge in [-0.3, -0.25) is 4.79 Å². The molecular formula is C21H23N3O2. The van der Waals surface area contributed by atoms with Crippen LogP contribution in [0.25, 0.3) is 11.0 Å². The van der Waals surface area contributed by atoms with Crippen molar-refractivity contribution in [1.82, 2.24) is 14.9 Å². The lowest BCUT2D eigenvalue weighted by Gasteiger charge is -2.26. The molecule has 2 unspecified atom stereocenters. The summed E-state index contributed by atoms with van der Waals surface area (Å²) in [5, 5.41) is 0. The number of para-hydroxylation sites is 2. The van der Waals surface area contributed by atoms with Crippen molar-refractivity contribution >= 4 is 16.9 Å². The van der Waals surface area contributed by atoms with Crippen LogP contribution >= 0.6 is 0 Å². The molecule has 4 rings (SSSR count). The second kappa shape index (κ2) is 6.83. The lowest BCUT2D eigenvalue weighted by Crippen LogP contribution is -2.40. The number of aryl methyl sites for hydroxylation is 1. The third kappa shape index (κ3) is 3.17. The van der Waals surface area contributed by atoms with Crippen LogP contribution in [0.3, 0.4) is 0 Å². The third-order valence-electron chi connectivity index (χ3n) is 4.94. The summed E-state index contributed by atoms with van der Waals surface area (Å²) < 4.78 is 5.86. The number of fused-ring (bicyclic) bond motifs is 1. The lowest BCUT2D eigenvalue weighted by molar-refractivity contribution is -0.139. The van der Waals surface area contributed by atoms with Crippen LogP contribution in [0.5, 0.6) is 5.75 Å². The van der Waals surface area contributed by atoms with Gasteiger partial charge in [0, 0.05) is 6.54 Å². The molecule has 2 heterocycles. The Bertz CT molecular complexity index is 883. The van der Waals surface area contributed by atoms with Crippen LogP contribution in [-0.4, -0.2) is 33.4 Å². The summed E-state index contributed by atoms with van der Waals surface area (Å²) in [7, 11) is 0. The molecule has 1 aromatic heterocycles. The van der Waals surface area contributed by atoms with Gasteiger partial charge in [0.05, 0.1) is 17.1 Å². The molecule has 0 bridgehead atoms. The Hall–Kier alpha value is -2.82. The van der Waals surface area contributed by atoms with Crippen molar-refractivity contribution in [1.29, 1.82) is 0 Å². The van der Waals surface area contributed by atoms with Crippen molar-refractivity contribution in [2.75, 3.05) is 6.54 Å². The molecule has 1 fully saturated rings. The SMILES string of the molecule is Cc1ccc(OC(C)C(=O)N2CCCC2c2nc3ccccc3[nH]2)cc1. The highest BCUT2D eigenvalue weighted by molar-refractivity contribution is 5.82. The zero-order chi connectivity index (χ0) is 18.1. The first-order valence-corrected chi connectivity index (χ1v) is 9.10. The quantitative estimate of drug-likeness (QED) is 0.774. The minimum Gasteiger partial charge on any atom is -0.481 e. The van der Waals surface area contributed by atoms with Crippen molar-refractivity contribution < 1.29 is 9.53 Å². The third-order valence-corrected chi connectivity index (χ3v) is 4.94. The fourth-order valence-electron chi connectivity index (χ4n) is 3.55. The van der Waals surface area contributed by atoms with Gasteiger partial charge in [-0.15, -0.1) is 0 Å². The average molecular weight is 349 g/mol. The summed E-state index contributed by atoms with van der Waals surface area (Å²) in [6, 6.07) is 15.7. The predicted octanol–water partition coefficient (Wildman–Crippen LogP) is 4.00. The number of benzene rings is 2. The van der Waals surface area contributed by atoms with E-state index in [2.05, 4.69) is 4.98 Å². The first kappa shape index (κ1) is 16.6. The highest BCUT2D eigenvalue weighted by Gasteiger charge is 2.35. The van der Waals surface area contributed by atoms with Crippen LogP contribution in [0.4, 0.5) is 0 Å². The number of ether oxygens (including phenoxy) is 1. The van der Waals surface area contributed by atoms with E-state index >= 15 is 0 Å². The molecular weight excluding hydrogens is 326 g/mol. The van der Waals surface area contributed by atoms with E-state index in [1.165, 1.54) is 5.56 Å².